The third-order valence-electron chi connectivity index (χ3n) is 4.27. The van der Waals surface area contributed by atoms with Gasteiger partial charge in [0.05, 0.1) is 16.9 Å². The number of rotatable bonds is 10. The molecule has 2 aromatic rings. The lowest BCUT2D eigenvalue weighted by molar-refractivity contribution is -0.116. The quantitative estimate of drug-likeness (QED) is 0.322. The van der Waals surface area contributed by atoms with Gasteiger partial charge in [-0.05, 0) is 57.8 Å². The summed E-state index contributed by atoms with van der Waals surface area (Å²) in [6.45, 7) is 7.50. The molecule has 0 atom stereocenters. The van der Waals surface area contributed by atoms with E-state index in [1.165, 1.54) is 0 Å². The Bertz CT molecular complexity index is 999. The van der Waals surface area contributed by atoms with Gasteiger partial charge in [-0.15, -0.1) is 4.91 Å². The number of hydrogen-bond donors (Lipinski definition) is 3. The van der Waals surface area contributed by atoms with Gasteiger partial charge < -0.3 is 15.4 Å². The molecule has 0 unspecified atom stereocenters. The summed E-state index contributed by atoms with van der Waals surface area (Å²) >= 11 is 0.980. The number of aryl methyl sites for hydroxylation is 1. The van der Waals surface area contributed by atoms with Crippen LogP contribution in [-0.2, 0) is 9.53 Å². The summed E-state index contributed by atoms with van der Waals surface area (Å²) in [7, 11) is 0. The third-order valence-corrected chi connectivity index (χ3v) is 5.22. The molecule has 0 aliphatic rings. The van der Waals surface area contributed by atoms with E-state index < -0.39 is 17.6 Å². The summed E-state index contributed by atoms with van der Waals surface area (Å²) in [5, 5.41) is 11.4. The minimum atomic E-state index is -0.537. The van der Waals surface area contributed by atoms with Gasteiger partial charge >= 0.3 is 6.09 Å². The molecule has 11 heteroatoms. The third kappa shape index (κ3) is 8.97. The van der Waals surface area contributed by atoms with Crippen molar-refractivity contribution in [3.8, 4) is 0 Å². The molecule has 10 nitrogen and oxygen atoms in total. The number of alkyl carbamates (subject to hydrolysis) is 1. The first-order chi connectivity index (χ1) is 15.6. The molecule has 0 fully saturated rings. The number of benzene rings is 1. The van der Waals surface area contributed by atoms with E-state index in [1.54, 1.807) is 52.0 Å². The number of thiazole rings is 1. The van der Waals surface area contributed by atoms with Gasteiger partial charge in [0.1, 0.15) is 5.60 Å². The molecule has 2 rings (SSSR count). The van der Waals surface area contributed by atoms with Crippen LogP contribution in [0.25, 0.3) is 0 Å². The first-order valence-electron chi connectivity index (χ1n) is 10.6. The topological polar surface area (TPSA) is 139 Å². The number of carbonyl (C=O) groups is 3. The van der Waals surface area contributed by atoms with Gasteiger partial charge in [0.25, 0.3) is 5.91 Å². The molecule has 1 heterocycles. The van der Waals surface area contributed by atoms with Crippen molar-refractivity contribution in [1.29, 1.82) is 0 Å². The zero-order valence-electron chi connectivity index (χ0n) is 19.2. The molecule has 3 N–H and O–H groups in total. The lowest BCUT2D eigenvalue weighted by Gasteiger charge is -2.19. The van der Waals surface area contributed by atoms with Crippen LogP contribution in [0.2, 0.25) is 0 Å². The van der Waals surface area contributed by atoms with Crippen LogP contribution in [0, 0.1) is 11.8 Å². The molecule has 33 heavy (non-hydrogen) atoms. The van der Waals surface area contributed by atoms with Gasteiger partial charge in [-0.2, -0.15) is 0 Å². The summed E-state index contributed by atoms with van der Waals surface area (Å²) in [6.07, 6.45) is 1.93. The zero-order valence-corrected chi connectivity index (χ0v) is 20.0. The van der Waals surface area contributed by atoms with E-state index in [-0.39, 0.29) is 28.0 Å². The SMILES string of the molecule is Cc1nc(NC(=O)c2ccccc2NC(=O)CCCCCNC(=O)OC(C)(C)C)sc1N=O. The summed E-state index contributed by atoms with van der Waals surface area (Å²) in [6, 6.07) is 6.64. The molecule has 0 aliphatic carbocycles. The predicted molar refractivity (Wildman–Crippen MR) is 128 cm³/mol. The van der Waals surface area contributed by atoms with Crippen LogP contribution in [0.4, 0.5) is 20.6 Å². The number of nitrogens with one attached hydrogen (secondary N) is 3. The first-order valence-corrected chi connectivity index (χ1v) is 11.4. The highest BCUT2D eigenvalue weighted by Gasteiger charge is 2.17. The fourth-order valence-electron chi connectivity index (χ4n) is 2.79. The van der Waals surface area contributed by atoms with Gasteiger partial charge in [0.15, 0.2) is 10.1 Å². The molecular formula is C22H29N5O5S. The van der Waals surface area contributed by atoms with Crippen molar-refractivity contribution in [3.05, 3.63) is 40.4 Å². The number of amides is 3. The van der Waals surface area contributed by atoms with E-state index in [9.17, 15) is 19.3 Å². The fraction of sp³-hybridized carbons (Fsp3) is 0.455. The maximum atomic E-state index is 12.7. The Morgan fingerprint density at radius 2 is 1.82 bits per heavy atom. The van der Waals surface area contributed by atoms with Crippen molar-refractivity contribution >= 4 is 45.1 Å². The molecule has 1 aromatic carbocycles. The van der Waals surface area contributed by atoms with Crippen LogP contribution in [0.3, 0.4) is 0 Å². The Hall–Kier alpha value is -3.34. The van der Waals surface area contributed by atoms with Gasteiger partial charge in [0.2, 0.25) is 5.91 Å². The highest BCUT2D eigenvalue weighted by molar-refractivity contribution is 7.19. The number of carbonyl (C=O) groups excluding carboxylic acids is 3. The van der Waals surface area contributed by atoms with Crippen LogP contribution in [0.5, 0.6) is 0 Å². The highest BCUT2D eigenvalue weighted by Crippen LogP contribution is 2.30. The average molecular weight is 476 g/mol. The molecule has 0 radical (unpaired) electrons. The summed E-state index contributed by atoms with van der Waals surface area (Å²) in [4.78, 5) is 51.4. The van der Waals surface area contributed by atoms with E-state index in [1.807, 2.05) is 0 Å². The molecule has 178 valence electrons. The first kappa shape index (κ1) is 25.9. The Labute approximate surface area is 196 Å². The van der Waals surface area contributed by atoms with Crippen molar-refractivity contribution in [2.24, 2.45) is 5.18 Å². The Balaban J connectivity index is 1.79. The van der Waals surface area contributed by atoms with Crippen molar-refractivity contribution in [1.82, 2.24) is 10.3 Å². The molecule has 0 saturated carbocycles. The number of para-hydroxylation sites is 1. The van der Waals surface area contributed by atoms with E-state index >= 15 is 0 Å². The van der Waals surface area contributed by atoms with Crippen LogP contribution in [0.1, 0.15) is 62.5 Å². The predicted octanol–water partition coefficient (Wildman–Crippen LogP) is 5.13. The second-order valence-electron chi connectivity index (χ2n) is 8.29. The lowest BCUT2D eigenvalue weighted by atomic mass is 10.1. The number of unbranched alkanes of at least 4 members (excludes halogenated alkanes) is 2. The maximum absolute atomic E-state index is 12.7. The van der Waals surface area contributed by atoms with Crippen LogP contribution in [0.15, 0.2) is 29.4 Å². The minimum Gasteiger partial charge on any atom is -0.444 e. The molecule has 0 saturated heterocycles. The summed E-state index contributed by atoms with van der Waals surface area (Å²) in [5.74, 6) is -0.668. The van der Waals surface area contributed by atoms with E-state index in [4.69, 9.17) is 4.74 Å². The molecule has 0 aliphatic heterocycles. The standard InChI is InChI=1S/C22H29N5O5S/c1-14-19(27-31)33-20(24-14)26-18(29)15-10-7-8-11-16(15)25-17(28)12-6-5-9-13-23-21(30)32-22(2,3)4/h7-8,10-11H,5-6,9,12-13H2,1-4H3,(H,23,30)(H,25,28)(H,24,26,29). The van der Waals surface area contributed by atoms with Gasteiger partial charge in [-0.25, -0.2) is 9.78 Å². The summed E-state index contributed by atoms with van der Waals surface area (Å²) < 4.78 is 5.16. The fourth-order valence-corrected chi connectivity index (χ4v) is 3.53. The molecule has 3 amide bonds. The number of aromatic nitrogens is 1. The number of nitrogens with zero attached hydrogens (tertiary/aromatic N) is 2. The number of anilines is 2. The minimum absolute atomic E-state index is 0.202. The van der Waals surface area contributed by atoms with Crippen molar-refractivity contribution in [3.63, 3.8) is 0 Å². The second kappa shape index (κ2) is 12.0. The smallest absolute Gasteiger partial charge is 0.407 e. The highest BCUT2D eigenvalue weighted by atomic mass is 32.1. The maximum Gasteiger partial charge on any atom is 0.407 e. The van der Waals surface area contributed by atoms with Crippen LogP contribution in [-0.4, -0.2) is 35.0 Å². The largest absolute Gasteiger partial charge is 0.444 e. The van der Waals surface area contributed by atoms with E-state index in [0.29, 0.717) is 24.3 Å². The molecule has 0 spiro atoms. The van der Waals surface area contributed by atoms with Crippen LogP contribution >= 0.6 is 11.3 Å². The number of hydrogen-bond acceptors (Lipinski definition) is 8. The van der Waals surface area contributed by atoms with E-state index in [0.717, 1.165) is 24.2 Å². The Kier molecular flexibility index (Phi) is 9.46. The van der Waals surface area contributed by atoms with Gasteiger partial charge in [0, 0.05) is 13.0 Å². The second-order valence-corrected chi connectivity index (χ2v) is 9.27. The van der Waals surface area contributed by atoms with E-state index in [2.05, 4.69) is 26.1 Å². The Morgan fingerprint density at radius 1 is 1.09 bits per heavy atom. The lowest BCUT2D eigenvalue weighted by Crippen LogP contribution is -2.33. The van der Waals surface area contributed by atoms with Gasteiger partial charge in [-0.1, -0.05) is 29.9 Å². The van der Waals surface area contributed by atoms with Crippen LogP contribution < -0.4 is 16.0 Å². The normalized spacial score (nSPS) is 10.9. The number of ether oxygens (including phenoxy) is 1. The monoisotopic (exact) mass is 475 g/mol. The Morgan fingerprint density at radius 3 is 2.48 bits per heavy atom. The summed E-state index contributed by atoms with van der Waals surface area (Å²) in [5.41, 5.74) is 0.562. The molecular weight excluding hydrogens is 446 g/mol. The zero-order chi connectivity index (χ0) is 24.4. The van der Waals surface area contributed by atoms with Crippen molar-refractivity contribution in [2.45, 2.75) is 59.0 Å². The molecule has 1 aromatic heterocycles. The average Bonchev–Trinajstić information content (AvgIpc) is 3.08. The van der Waals surface area contributed by atoms with Crippen molar-refractivity contribution < 1.29 is 19.1 Å². The molecule has 0 bridgehead atoms. The van der Waals surface area contributed by atoms with Gasteiger partial charge in [-0.3, -0.25) is 14.9 Å². The van der Waals surface area contributed by atoms with Crippen molar-refractivity contribution in [2.75, 3.05) is 17.2 Å². The number of nitroso groups, excluding NO2 is 1.